The van der Waals surface area contributed by atoms with E-state index in [0.29, 0.717) is 18.9 Å². The molecule has 1 aliphatic heterocycles. The van der Waals surface area contributed by atoms with E-state index in [2.05, 4.69) is 0 Å². The summed E-state index contributed by atoms with van der Waals surface area (Å²) in [4.78, 5) is 23.6. The molecule has 6 heteroatoms. The molecule has 6 nitrogen and oxygen atoms in total. The molecular formula is C17H17NO5. The summed E-state index contributed by atoms with van der Waals surface area (Å²) in [6.45, 7) is 1.20. The minimum absolute atomic E-state index is 0.00547. The fourth-order valence-electron chi connectivity index (χ4n) is 2.57. The molecule has 1 aromatic carbocycles. The molecule has 1 aromatic heterocycles. The van der Waals surface area contributed by atoms with E-state index in [1.54, 1.807) is 28.8 Å². The predicted octanol–water partition coefficient (Wildman–Crippen LogP) is 2.52. The highest BCUT2D eigenvalue weighted by Gasteiger charge is 2.19. The molecule has 0 spiro atoms. The van der Waals surface area contributed by atoms with E-state index < -0.39 is 11.4 Å². The Kier molecular flexibility index (Phi) is 4.43. The van der Waals surface area contributed by atoms with Crippen molar-refractivity contribution in [1.29, 1.82) is 0 Å². The first-order valence-corrected chi connectivity index (χ1v) is 7.45. The minimum atomic E-state index is -1.27. The number of hydrogen-bond acceptors (Lipinski definition) is 4. The van der Waals surface area contributed by atoms with Crippen molar-refractivity contribution in [2.45, 2.75) is 25.5 Å². The van der Waals surface area contributed by atoms with Crippen molar-refractivity contribution < 1.29 is 19.4 Å². The zero-order valence-corrected chi connectivity index (χ0v) is 12.5. The fourth-order valence-corrected chi connectivity index (χ4v) is 2.57. The van der Waals surface area contributed by atoms with Crippen LogP contribution in [0.2, 0.25) is 0 Å². The number of aromatic carboxylic acids is 1. The van der Waals surface area contributed by atoms with Gasteiger partial charge in [-0.15, -0.1) is 0 Å². The second-order valence-electron chi connectivity index (χ2n) is 5.42. The van der Waals surface area contributed by atoms with E-state index in [-0.39, 0.29) is 17.4 Å². The van der Waals surface area contributed by atoms with Crippen molar-refractivity contribution in [2.24, 2.45) is 0 Å². The lowest BCUT2D eigenvalue weighted by Crippen LogP contribution is -2.22. The molecule has 1 atom stereocenters. The summed E-state index contributed by atoms with van der Waals surface area (Å²) in [5.74, 6) is -0.792. The highest BCUT2D eigenvalue weighted by atomic mass is 16.5. The van der Waals surface area contributed by atoms with Gasteiger partial charge < -0.3 is 19.1 Å². The van der Waals surface area contributed by atoms with Gasteiger partial charge in [0.15, 0.2) is 5.75 Å². The molecule has 3 rings (SSSR count). The molecule has 0 unspecified atom stereocenters. The molecule has 120 valence electrons. The van der Waals surface area contributed by atoms with E-state index in [1.165, 1.54) is 12.4 Å². The quantitative estimate of drug-likeness (QED) is 0.917. The van der Waals surface area contributed by atoms with Gasteiger partial charge in [-0.1, -0.05) is 18.2 Å². The lowest BCUT2D eigenvalue weighted by Gasteiger charge is -2.15. The van der Waals surface area contributed by atoms with E-state index in [1.807, 2.05) is 6.07 Å². The van der Waals surface area contributed by atoms with Crippen molar-refractivity contribution in [1.82, 2.24) is 4.57 Å². The highest BCUT2D eigenvalue weighted by molar-refractivity contribution is 5.87. The third-order valence-corrected chi connectivity index (χ3v) is 3.69. The van der Waals surface area contributed by atoms with Gasteiger partial charge in [-0.25, -0.2) is 4.79 Å². The molecule has 1 N–H and O–H groups in total. The molecule has 0 amide bonds. The number of ether oxygens (including phenoxy) is 2. The number of para-hydroxylation sites is 1. The van der Waals surface area contributed by atoms with Crippen LogP contribution in [-0.2, 0) is 11.3 Å². The fraction of sp³-hybridized carbons (Fsp3) is 0.294. The van der Waals surface area contributed by atoms with Crippen LogP contribution in [0, 0.1) is 0 Å². The normalized spacial score (nSPS) is 17.1. The van der Waals surface area contributed by atoms with Crippen LogP contribution in [0.15, 0.2) is 47.5 Å². The Morgan fingerprint density at radius 2 is 2.09 bits per heavy atom. The molecule has 2 heterocycles. The Bertz CT molecular complexity index is 747. The Morgan fingerprint density at radius 1 is 1.30 bits per heavy atom. The number of aromatic nitrogens is 1. The van der Waals surface area contributed by atoms with Gasteiger partial charge in [0.2, 0.25) is 5.43 Å². The number of nitrogens with zero attached hydrogens (tertiary/aromatic N) is 1. The smallest absolute Gasteiger partial charge is 0.341 e. The van der Waals surface area contributed by atoms with Gasteiger partial charge >= 0.3 is 5.97 Å². The van der Waals surface area contributed by atoms with Gasteiger partial charge in [-0.2, -0.15) is 0 Å². The maximum Gasteiger partial charge on any atom is 0.341 e. The SMILES string of the molecule is O=C(O)c1cn(C[C@@H]2CCCO2)cc(Oc2ccccc2)c1=O. The molecular weight excluding hydrogens is 298 g/mol. The van der Waals surface area contributed by atoms with Gasteiger partial charge in [0.25, 0.3) is 0 Å². The predicted molar refractivity (Wildman–Crippen MR) is 83.2 cm³/mol. The summed E-state index contributed by atoms with van der Waals surface area (Å²) < 4.78 is 12.8. The topological polar surface area (TPSA) is 77.8 Å². The lowest BCUT2D eigenvalue weighted by atomic mass is 10.2. The Hall–Kier alpha value is -2.60. The summed E-state index contributed by atoms with van der Waals surface area (Å²) >= 11 is 0. The van der Waals surface area contributed by atoms with Crippen LogP contribution in [0.1, 0.15) is 23.2 Å². The number of hydrogen-bond donors (Lipinski definition) is 1. The summed E-state index contributed by atoms with van der Waals surface area (Å²) in [6, 6.07) is 8.80. The Balaban J connectivity index is 1.94. The van der Waals surface area contributed by atoms with Gasteiger partial charge in [-0.3, -0.25) is 4.79 Å². The van der Waals surface area contributed by atoms with Gasteiger partial charge in [0.1, 0.15) is 11.3 Å². The first-order chi connectivity index (χ1) is 11.1. The van der Waals surface area contributed by atoms with E-state index >= 15 is 0 Å². The van der Waals surface area contributed by atoms with Crippen LogP contribution in [0.5, 0.6) is 11.5 Å². The Labute approximate surface area is 132 Å². The summed E-state index contributed by atoms with van der Waals surface area (Å²) in [6.07, 6.45) is 4.81. The van der Waals surface area contributed by atoms with E-state index in [0.717, 1.165) is 12.8 Å². The van der Waals surface area contributed by atoms with Crippen LogP contribution in [0.25, 0.3) is 0 Å². The number of rotatable bonds is 5. The Morgan fingerprint density at radius 3 is 2.74 bits per heavy atom. The third-order valence-electron chi connectivity index (χ3n) is 3.69. The van der Waals surface area contributed by atoms with Crippen LogP contribution in [-0.4, -0.2) is 28.4 Å². The monoisotopic (exact) mass is 315 g/mol. The molecule has 1 saturated heterocycles. The van der Waals surface area contributed by atoms with E-state index in [9.17, 15) is 14.7 Å². The van der Waals surface area contributed by atoms with Crippen LogP contribution in [0.4, 0.5) is 0 Å². The lowest BCUT2D eigenvalue weighted by molar-refractivity contribution is 0.0691. The second kappa shape index (κ2) is 6.66. The number of benzene rings is 1. The molecule has 1 aliphatic rings. The summed E-state index contributed by atoms with van der Waals surface area (Å²) in [5, 5.41) is 9.24. The average Bonchev–Trinajstić information content (AvgIpc) is 3.04. The van der Waals surface area contributed by atoms with Crippen molar-refractivity contribution in [3.05, 3.63) is 58.5 Å². The van der Waals surface area contributed by atoms with Crippen LogP contribution in [0.3, 0.4) is 0 Å². The van der Waals surface area contributed by atoms with Crippen molar-refractivity contribution in [3.63, 3.8) is 0 Å². The van der Waals surface area contributed by atoms with Gasteiger partial charge in [0.05, 0.1) is 12.3 Å². The number of carboxylic acids is 1. The van der Waals surface area contributed by atoms with Crippen molar-refractivity contribution in [3.8, 4) is 11.5 Å². The minimum Gasteiger partial charge on any atom is -0.477 e. The zero-order chi connectivity index (χ0) is 16.2. The molecule has 23 heavy (non-hydrogen) atoms. The maximum absolute atomic E-state index is 12.3. The molecule has 1 fully saturated rings. The van der Waals surface area contributed by atoms with Crippen molar-refractivity contribution >= 4 is 5.97 Å². The van der Waals surface area contributed by atoms with Crippen LogP contribution >= 0.6 is 0 Å². The zero-order valence-electron chi connectivity index (χ0n) is 12.5. The second-order valence-corrected chi connectivity index (χ2v) is 5.42. The number of pyridine rings is 1. The average molecular weight is 315 g/mol. The van der Waals surface area contributed by atoms with Crippen molar-refractivity contribution in [2.75, 3.05) is 6.61 Å². The molecule has 0 saturated carbocycles. The molecule has 2 aromatic rings. The summed E-state index contributed by atoms with van der Waals surface area (Å²) in [7, 11) is 0. The van der Waals surface area contributed by atoms with E-state index in [4.69, 9.17) is 9.47 Å². The molecule has 0 bridgehead atoms. The highest BCUT2D eigenvalue weighted by Crippen LogP contribution is 2.19. The number of carboxylic acid groups (broad SMARTS) is 1. The first kappa shape index (κ1) is 15.3. The summed E-state index contributed by atoms with van der Waals surface area (Å²) in [5.41, 5.74) is -0.943. The van der Waals surface area contributed by atoms with Gasteiger partial charge in [-0.05, 0) is 25.0 Å². The standard InChI is InChI=1S/C17H17NO5/c19-16-14(17(20)21)10-18(9-13-7-4-8-22-13)11-15(16)23-12-5-2-1-3-6-12/h1-3,5-6,10-11,13H,4,7-9H2,(H,20,21)/t13-/m0/s1. The maximum atomic E-state index is 12.3. The molecule has 0 aliphatic carbocycles. The number of carbonyl (C=O) groups is 1. The van der Waals surface area contributed by atoms with Gasteiger partial charge in [0, 0.05) is 19.3 Å². The van der Waals surface area contributed by atoms with Crippen LogP contribution < -0.4 is 10.2 Å². The third kappa shape index (κ3) is 3.60. The molecule has 0 radical (unpaired) electrons. The largest absolute Gasteiger partial charge is 0.477 e. The first-order valence-electron chi connectivity index (χ1n) is 7.45.